The van der Waals surface area contributed by atoms with Crippen LogP contribution in [0.4, 0.5) is 0 Å². The van der Waals surface area contributed by atoms with Gasteiger partial charge in [-0.15, -0.1) is 16.4 Å². The van der Waals surface area contributed by atoms with Crippen molar-refractivity contribution in [2.24, 2.45) is 5.92 Å². The molecular weight excluding hydrogens is 334 g/mol. The zero-order chi connectivity index (χ0) is 16.2. The summed E-state index contributed by atoms with van der Waals surface area (Å²) in [6.45, 7) is 4.78. The van der Waals surface area contributed by atoms with Crippen LogP contribution >= 0.6 is 23.6 Å². The molecule has 3 heterocycles. The number of likely N-dealkylation sites (tertiary alicyclic amines) is 1. The average Bonchev–Trinajstić information content (AvgIpc) is 3.19. The molecule has 1 aliphatic heterocycles. The van der Waals surface area contributed by atoms with Gasteiger partial charge in [0, 0.05) is 12.8 Å². The van der Waals surface area contributed by atoms with Gasteiger partial charge in [0.1, 0.15) is 0 Å². The van der Waals surface area contributed by atoms with Crippen molar-refractivity contribution in [2.75, 3.05) is 19.7 Å². The van der Waals surface area contributed by atoms with Gasteiger partial charge in [0.15, 0.2) is 6.67 Å². The molecule has 1 fully saturated rings. The summed E-state index contributed by atoms with van der Waals surface area (Å²) in [5.41, 5.74) is 0. The molecule has 1 aliphatic rings. The summed E-state index contributed by atoms with van der Waals surface area (Å²) in [7, 11) is 0. The normalized spacial score (nSPS) is 21.3. The van der Waals surface area contributed by atoms with E-state index in [0.29, 0.717) is 24.0 Å². The molecule has 124 valence electrons. The number of ether oxygens (including phenoxy) is 1. The molecule has 3 rings (SSSR count). The molecule has 6 nitrogen and oxygen atoms in total. The summed E-state index contributed by atoms with van der Waals surface area (Å²) < 4.78 is 12.4. The van der Waals surface area contributed by atoms with Crippen LogP contribution in [0, 0.1) is 10.8 Å². The van der Waals surface area contributed by atoms with Gasteiger partial charge in [-0.3, -0.25) is 4.79 Å². The third kappa shape index (κ3) is 3.88. The van der Waals surface area contributed by atoms with E-state index in [2.05, 4.69) is 5.10 Å². The fourth-order valence-electron chi connectivity index (χ4n) is 2.80. The first kappa shape index (κ1) is 16.4. The van der Waals surface area contributed by atoms with Crippen LogP contribution in [0.25, 0.3) is 10.8 Å². The number of esters is 1. The first-order valence-corrected chi connectivity index (χ1v) is 9.08. The molecule has 2 aromatic rings. The fraction of sp³-hybridized carbons (Fsp3) is 0.533. The molecule has 2 aromatic heterocycles. The number of nitrogens with zero attached hydrogens (tertiary/aromatic N) is 2. The third-order valence-electron chi connectivity index (χ3n) is 4.02. The van der Waals surface area contributed by atoms with E-state index >= 15 is 0 Å². The maximum atomic E-state index is 11.8. The third-order valence-corrected chi connectivity index (χ3v) is 5.18. The summed E-state index contributed by atoms with van der Waals surface area (Å²) in [6, 6.07) is 3.93. The molecular formula is C15H20N3O3S2+. The summed E-state index contributed by atoms with van der Waals surface area (Å²) >= 11 is 6.84. The first-order valence-electron chi connectivity index (χ1n) is 7.79. The average molecular weight is 354 g/mol. The van der Waals surface area contributed by atoms with Crippen molar-refractivity contribution >= 4 is 29.5 Å². The molecule has 0 bridgehead atoms. The van der Waals surface area contributed by atoms with E-state index in [0.717, 1.165) is 30.8 Å². The van der Waals surface area contributed by atoms with E-state index in [1.165, 1.54) is 4.90 Å². The van der Waals surface area contributed by atoms with Crippen LogP contribution in [0.3, 0.4) is 0 Å². The largest absolute Gasteiger partial charge is 0.466 e. The Bertz CT molecular complexity index is 700. The molecule has 0 saturated carbocycles. The van der Waals surface area contributed by atoms with Crippen molar-refractivity contribution in [1.29, 1.82) is 0 Å². The second-order valence-corrected chi connectivity index (χ2v) is 6.88. The van der Waals surface area contributed by atoms with E-state index < -0.39 is 0 Å². The van der Waals surface area contributed by atoms with E-state index in [4.69, 9.17) is 21.4 Å². The topological polar surface area (TPSA) is 61.7 Å². The Morgan fingerprint density at radius 2 is 2.35 bits per heavy atom. The van der Waals surface area contributed by atoms with Crippen LogP contribution in [-0.2, 0) is 16.2 Å². The smallest absolute Gasteiger partial charge is 0.309 e. The number of carbonyl (C=O) groups is 1. The van der Waals surface area contributed by atoms with Crippen molar-refractivity contribution in [3.8, 4) is 10.8 Å². The monoisotopic (exact) mass is 354 g/mol. The minimum Gasteiger partial charge on any atom is -0.466 e. The number of hydrogen-bond donors (Lipinski definition) is 1. The number of thiophene rings is 1. The summed E-state index contributed by atoms with van der Waals surface area (Å²) in [4.78, 5) is 14.5. The predicted octanol–water partition coefficient (Wildman–Crippen LogP) is 1.75. The molecule has 0 atom stereocenters. The number of carbonyl (C=O) groups excluding carboxylic acids is 1. The molecule has 0 aromatic carbocycles. The highest BCUT2D eigenvalue weighted by atomic mass is 32.1. The minimum atomic E-state index is -0.0652. The quantitative estimate of drug-likeness (QED) is 0.655. The number of aromatic nitrogens is 2. The summed E-state index contributed by atoms with van der Waals surface area (Å²) in [6.07, 6.45) is 1.69. The van der Waals surface area contributed by atoms with Crippen LogP contribution in [0.2, 0.25) is 0 Å². The predicted molar refractivity (Wildman–Crippen MR) is 88.7 cm³/mol. The van der Waals surface area contributed by atoms with Crippen LogP contribution in [0.5, 0.6) is 0 Å². The maximum absolute atomic E-state index is 11.8. The Labute approximate surface area is 143 Å². The SMILES string of the molecule is CCOC(=O)C1CC[NH+](Cn2nc(-c3cccs3)oc2=S)CC1. The van der Waals surface area contributed by atoms with E-state index in [-0.39, 0.29) is 11.9 Å². The van der Waals surface area contributed by atoms with Crippen LogP contribution < -0.4 is 4.90 Å². The van der Waals surface area contributed by atoms with E-state index in [1.807, 2.05) is 24.4 Å². The zero-order valence-electron chi connectivity index (χ0n) is 13.0. The zero-order valence-corrected chi connectivity index (χ0v) is 14.6. The molecule has 1 saturated heterocycles. The lowest BCUT2D eigenvalue weighted by Crippen LogP contribution is -3.12. The van der Waals surface area contributed by atoms with Gasteiger partial charge in [-0.1, -0.05) is 6.07 Å². The van der Waals surface area contributed by atoms with Gasteiger partial charge in [0.25, 0.3) is 10.7 Å². The van der Waals surface area contributed by atoms with Crippen molar-refractivity contribution in [3.63, 3.8) is 0 Å². The van der Waals surface area contributed by atoms with Crippen LogP contribution in [0.1, 0.15) is 19.8 Å². The highest BCUT2D eigenvalue weighted by Crippen LogP contribution is 2.22. The molecule has 0 radical (unpaired) electrons. The molecule has 8 heteroatoms. The number of rotatable bonds is 5. The Morgan fingerprint density at radius 3 is 3.00 bits per heavy atom. The second kappa shape index (κ2) is 7.37. The number of piperidine rings is 1. The Morgan fingerprint density at radius 1 is 1.57 bits per heavy atom. The molecule has 0 spiro atoms. The van der Waals surface area contributed by atoms with Gasteiger partial charge in [-0.25, -0.2) is 0 Å². The van der Waals surface area contributed by atoms with Gasteiger partial charge < -0.3 is 14.1 Å². The lowest BCUT2D eigenvalue weighted by Gasteiger charge is -2.27. The summed E-state index contributed by atoms with van der Waals surface area (Å²) in [5, 5.41) is 6.46. The first-order chi connectivity index (χ1) is 11.2. The number of hydrogen-bond acceptors (Lipinski definition) is 6. The fourth-order valence-corrected chi connectivity index (χ4v) is 3.63. The number of nitrogens with one attached hydrogen (secondary N) is 1. The Hall–Kier alpha value is -1.51. The van der Waals surface area contributed by atoms with Gasteiger partial charge in [0.2, 0.25) is 0 Å². The van der Waals surface area contributed by atoms with Crippen molar-refractivity contribution in [1.82, 2.24) is 9.78 Å². The summed E-state index contributed by atoms with van der Waals surface area (Å²) in [5.74, 6) is 0.543. The van der Waals surface area contributed by atoms with Crippen molar-refractivity contribution in [3.05, 3.63) is 22.4 Å². The van der Waals surface area contributed by atoms with Crippen molar-refractivity contribution in [2.45, 2.75) is 26.4 Å². The van der Waals surface area contributed by atoms with Crippen LogP contribution in [0.15, 0.2) is 21.9 Å². The van der Waals surface area contributed by atoms with Crippen LogP contribution in [-0.4, -0.2) is 35.4 Å². The maximum Gasteiger partial charge on any atom is 0.309 e. The lowest BCUT2D eigenvalue weighted by atomic mass is 9.97. The molecule has 0 unspecified atom stereocenters. The molecule has 1 N–H and O–H groups in total. The van der Waals surface area contributed by atoms with Gasteiger partial charge in [-0.2, -0.15) is 4.68 Å². The van der Waals surface area contributed by atoms with Crippen molar-refractivity contribution < 1.29 is 18.8 Å². The molecule has 0 amide bonds. The van der Waals surface area contributed by atoms with Gasteiger partial charge >= 0.3 is 5.97 Å². The standard InChI is InChI=1S/C15H19N3O3S2/c1-2-20-14(19)11-5-7-17(8-6-11)10-18-15(22)21-13(16-18)12-4-3-9-23-12/h3-4,9,11H,2,5-8,10H2,1H3/p+1. The van der Waals surface area contributed by atoms with E-state index in [9.17, 15) is 4.79 Å². The second-order valence-electron chi connectivity index (χ2n) is 5.58. The highest BCUT2D eigenvalue weighted by molar-refractivity contribution is 7.71. The Balaban J connectivity index is 1.59. The van der Waals surface area contributed by atoms with E-state index in [1.54, 1.807) is 16.0 Å². The van der Waals surface area contributed by atoms with Gasteiger partial charge in [0.05, 0.1) is 30.5 Å². The molecule has 0 aliphatic carbocycles. The molecule has 23 heavy (non-hydrogen) atoms. The minimum absolute atomic E-state index is 0.0330. The Kier molecular flexibility index (Phi) is 5.24. The lowest BCUT2D eigenvalue weighted by molar-refractivity contribution is -0.929. The number of quaternary nitrogens is 1. The highest BCUT2D eigenvalue weighted by Gasteiger charge is 2.28. The van der Waals surface area contributed by atoms with Gasteiger partial charge in [-0.05, 0) is 30.6 Å².